The number of hydrogen-bond acceptors (Lipinski definition) is 2. The Balaban J connectivity index is 2.20. The monoisotopic (exact) mass is 251 g/mol. The minimum atomic E-state index is -5.04. The molecule has 2 N–H and O–H groups in total. The van der Waals surface area contributed by atoms with E-state index >= 15 is 0 Å². The van der Waals surface area contributed by atoms with Crippen LogP contribution in [0.4, 0.5) is 13.2 Å². The smallest absolute Gasteiger partial charge is 0.471 e. The number of halogens is 3. The molecule has 2 fully saturated rings. The van der Waals surface area contributed by atoms with Gasteiger partial charge in [0.05, 0.1) is 0 Å². The van der Waals surface area contributed by atoms with Crippen LogP contribution in [0.1, 0.15) is 25.7 Å². The van der Waals surface area contributed by atoms with E-state index in [1.54, 1.807) is 5.32 Å². The number of carboxylic acids is 1. The van der Waals surface area contributed by atoms with Gasteiger partial charge in [0, 0.05) is 0 Å². The second kappa shape index (κ2) is 3.61. The van der Waals surface area contributed by atoms with Gasteiger partial charge in [-0.05, 0) is 37.5 Å². The van der Waals surface area contributed by atoms with Gasteiger partial charge in [0.2, 0.25) is 0 Å². The Bertz CT molecular complexity index is 368. The number of carboxylic acid groups (broad SMARTS) is 1. The van der Waals surface area contributed by atoms with Crippen molar-refractivity contribution in [3.63, 3.8) is 0 Å². The lowest BCUT2D eigenvalue weighted by atomic mass is 9.81. The molecule has 0 aromatic carbocycles. The zero-order valence-corrected chi connectivity index (χ0v) is 8.88. The van der Waals surface area contributed by atoms with E-state index in [9.17, 15) is 22.8 Å². The Morgan fingerprint density at radius 3 is 2.29 bits per heavy atom. The highest BCUT2D eigenvalue weighted by Crippen LogP contribution is 2.51. The summed E-state index contributed by atoms with van der Waals surface area (Å²) in [4.78, 5) is 22.1. The summed E-state index contributed by atoms with van der Waals surface area (Å²) in [5, 5.41) is 10.8. The molecule has 0 radical (unpaired) electrons. The molecule has 7 heteroatoms. The standard InChI is InChI=1S/C10H12F3NO3/c11-10(12,13)7(15)14-9(8(16)17)4-5-1-2-6(9)3-5/h5-6H,1-4H2,(H,14,15)(H,16,17)/t5-,6+,9+/m0/s1. The Kier molecular flexibility index (Phi) is 2.59. The van der Waals surface area contributed by atoms with Crippen LogP contribution >= 0.6 is 0 Å². The van der Waals surface area contributed by atoms with Gasteiger partial charge in [0.25, 0.3) is 0 Å². The van der Waals surface area contributed by atoms with E-state index in [0.29, 0.717) is 12.8 Å². The first-order valence-electron chi connectivity index (χ1n) is 5.38. The summed E-state index contributed by atoms with van der Waals surface area (Å²) in [6, 6.07) is 0. The number of amides is 1. The van der Waals surface area contributed by atoms with Crippen molar-refractivity contribution in [1.82, 2.24) is 5.32 Å². The molecule has 0 unspecified atom stereocenters. The number of alkyl halides is 3. The SMILES string of the molecule is O=C(N[C@]1(C(=O)O)C[C@H]2CC[C@@H]1C2)C(F)(F)F. The zero-order valence-electron chi connectivity index (χ0n) is 8.88. The molecule has 0 heterocycles. The van der Waals surface area contributed by atoms with Gasteiger partial charge in [-0.2, -0.15) is 13.2 Å². The van der Waals surface area contributed by atoms with Crippen LogP contribution < -0.4 is 5.32 Å². The average molecular weight is 251 g/mol. The maximum absolute atomic E-state index is 12.2. The van der Waals surface area contributed by atoms with Crippen molar-refractivity contribution < 1.29 is 27.9 Å². The summed E-state index contributed by atoms with van der Waals surface area (Å²) in [5.41, 5.74) is -1.71. The summed E-state index contributed by atoms with van der Waals surface area (Å²) in [7, 11) is 0. The van der Waals surface area contributed by atoms with E-state index in [-0.39, 0.29) is 18.3 Å². The molecule has 0 aliphatic heterocycles. The lowest BCUT2D eigenvalue weighted by Crippen LogP contribution is -2.60. The summed E-state index contributed by atoms with van der Waals surface area (Å²) >= 11 is 0. The van der Waals surface area contributed by atoms with Crippen LogP contribution in [-0.4, -0.2) is 28.7 Å². The maximum atomic E-state index is 12.2. The Hall–Kier alpha value is -1.27. The van der Waals surface area contributed by atoms with Gasteiger partial charge in [0.1, 0.15) is 5.54 Å². The number of rotatable bonds is 2. The molecule has 2 bridgehead atoms. The van der Waals surface area contributed by atoms with Gasteiger partial charge in [-0.3, -0.25) is 4.79 Å². The zero-order chi connectivity index (χ0) is 12.8. The maximum Gasteiger partial charge on any atom is 0.471 e. The molecule has 2 saturated carbocycles. The van der Waals surface area contributed by atoms with Crippen molar-refractivity contribution in [3.05, 3.63) is 0 Å². The minimum Gasteiger partial charge on any atom is -0.479 e. The molecule has 4 nitrogen and oxygen atoms in total. The van der Waals surface area contributed by atoms with E-state index in [1.807, 2.05) is 0 Å². The number of fused-ring (bicyclic) bond motifs is 2. The highest BCUT2D eigenvalue weighted by atomic mass is 19.4. The summed E-state index contributed by atoms with van der Waals surface area (Å²) in [6.07, 6.45) is -2.94. The van der Waals surface area contributed by atoms with Crippen molar-refractivity contribution in [1.29, 1.82) is 0 Å². The molecule has 96 valence electrons. The third-order valence-corrected chi connectivity index (χ3v) is 3.82. The van der Waals surface area contributed by atoms with Crippen molar-refractivity contribution in [3.8, 4) is 0 Å². The average Bonchev–Trinajstić information content (AvgIpc) is 2.75. The molecular formula is C10H12F3NO3. The molecule has 1 amide bonds. The van der Waals surface area contributed by atoms with Crippen LogP contribution in [-0.2, 0) is 9.59 Å². The van der Waals surface area contributed by atoms with E-state index in [0.717, 1.165) is 6.42 Å². The summed E-state index contributed by atoms with van der Waals surface area (Å²) in [6.45, 7) is 0. The lowest BCUT2D eigenvalue weighted by molar-refractivity contribution is -0.178. The third kappa shape index (κ3) is 1.87. The highest BCUT2D eigenvalue weighted by molar-refractivity contribution is 5.90. The van der Waals surface area contributed by atoms with E-state index in [2.05, 4.69) is 0 Å². The first-order chi connectivity index (χ1) is 7.75. The first kappa shape index (κ1) is 12.2. The molecule has 17 heavy (non-hydrogen) atoms. The van der Waals surface area contributed by atoms with E-state index in [1.165, 1.54) is 0 Å². The van der Waals surface area contributed by atoms with Crippen LogP contribution in [0.5, 0.6) is 0 Å². The molecule has 0 aromatic heterocycles. The molecule has 0 spiro atoms. The van der Waals surface area contributed by atoms with Crippen LogP contribution in [0.2, 0.25) is 0 Å². The van der Waals surface area contributed by atoms with Gasteiger partial charge < -0.3 is 10.4 Å². The number of nitrogens with one attached hydrogen (secondary N) is 1. The van der Waals surface area contributed by atoms with Gasteiger partial charge >= 0.3 is 18.1 Å². The van der Waals surface area contributed by atoms with Crippen molar-refractivity contribution in [2.45, 2.75) is 37.4 Å². The number of carbonyl (C=O) groups is 2. The first-order valence-corrected chi connectivity index (χ1v) is 5.38. The molecule has 3 atom stereocenters. The lowest BCUT2D eigenvalue weighted by Gasteiger charge is -2.34. The molecule has 0 saturated heterocycles. The van der Waals surface area contributed by atoms with Crippen LogP contribution in [0.3, 0.4) is 0 Å². The Morgan fingerprint density at radius 1 is 1.29 bits per heavy atom. The van der Waals surface area contributed by atoms with Gasteiger partial charge in [-0.25, -0.2) is 4.79 Å². The van der Waals surface area contributed by atoms with E-state index < -0.39 is 23.6 Å². The van der Waals surface area contributed by atoms with Crippen LogP contribution in [0, 0.1) is 11.8 Å². The second-order valence-corrected chi connectivity index (χ2v) is 4.81. The number of hydrogen-bond donors (Lipinski definition) is 2. The Labute approximate surface area is 95.2 Å². The molecule has 2 aliphatic rings. The third-order valence-electron chi connectivity index (χ3n) is 3.82. The van der Waals surface area contributed by atoms with Crippen LogP contribution in [0.15, 0.2) is 0 Å². The molecule has 0 aromatic rings. The predicted molar refractivity (Wildman–Crippen MR) is 50.0 cm³/mol. The summed E-state index contributed by atoms with van der Waals surface area (Å²) < 4.78 is 36.5. The molecule has 2 aliphatic carbocycles. The number of carbonyl (C=O) groups excluding carboxylic acids is 1. The number of aliphatic carboxylic acids is 1. The fourth-order valence-corrected chi connectivity index (χ4v) is 3.07. The normalized spacial score (nSPS) is 35.9. The fourth-order valence-electron chi connectivity index (χ4n) is 3.07. The minimum absolute atomic E-state index is 0.106. The van der Waals surface area contributed by atoms with Crippen molar-refractivity contribution >= 4 is 11.9 Å². The second-order valence-electron chi connectivity index (χ2n) is 4.81. The van der Waals surface area contributed by atoms with E-state index in [4.69, 9.17) is 5.11 Å². The molecular weight excluding hydrogens is 239 g/mol. The van der Waals surface area contributed by atoms with Crippen LogP contribution in [0.25, 0.3) is 0 Å². The fraction of sp³-hybridized carbons (Fsp3) is 0.800. The summed E-state index contributed by atoms with van der Waals surface area (Å²) in [5.74, 6) is -3.78. The van der Waals surface area contributed by atoms with Crippen molar-refractivity contribution in [2.24, 2.45) is 11.8 Å². The van der Waals surface area contributed by atoms with Crippen molar-refractivity contribution in [2.75, 3.05) is 0 Å². The topological polar surface area (TPSA) is 66.4 Å². The van der Waals surface area contributed by atoms with Gasteiger partial charge in [-0.15, -0.1) is 0 Å². The molecule has 2 rings (SSSR count). The van der Waals surface area contributed by atoms with Gasteiger partial charge in [0.15, 0.2) is 0 Å². The predicted octanol–water partition coefficient (Wildman–Crippen LogP) is 1.31. The largest absolute Gasteiger partial charge is 0.479 e. The highest BCUT2D eigenvalue weighted by Gasteiger charge is 2.58. The quantitative estimate of drug-likeness (QED) is 0.777. The van der Waals surface area contributed by atoms with Gasteiger partial charge in [-0.1, -0.05) is 0 Å². The Morgan fingerprint density at radius 2 is 1.94 bits per heavy atom.